The van der Waals surface area contributed by atoms with E-state index in [2.05, 4.69) is 11.4 Å². The highest BCUT2D eigenvalue weighted by atomic mass is 19.1. The maximum absolute atomic E-state index is 14.9. The fourth-order valence-electron chi connectivity index (χ4n) is 3.34. The molecule has 0 aromatic heterocycles. The smallest absolute Gasteiger partial charge is 0.344 e. The second kappa shape index (κ2) is 10.3. The summed E-state index contributed by atoms with van der Waals surface area (Å²) < 4.78 is 39.4. The maximum atomic E-state index is 14.9. The molecule has 0 atom stereocenters. The second-order valence-corrected chi connectivity index (χ2v) is 7.86. The van der Waals surface area contributed by atoms with Crippen molar-refractivity contribution in [3.63, 3.8) is 0 Å². The van der Waals surface area contributed by atoms with Crippen LogP contribution in [0, 0.1) is 25.5 Å². The third kappa shape index (κ3) is 5.63. The molecule has 168 valence electrons. The first-order chi connectivity index (χ1) is 15.3. The van der Waals surface area contributed by atoms with E-state index >= 15 is 0 Å². The number of ether oxygens (including phenoxy) is 2. The lowest BCUT2D eigenvalue weighted by molar-refractivity contribution is -0.149. The van der Waals surface area contributed by atoms with Gasteiger partial charge >= 0.3 is 5.97 Å². The molecule has 0 saturated heterocycles. The van der Waals surface area contributed by atoms with E-state index in [0.29, 0.717) is 0 Å². The molecule has 0 radical (unpaired) electrons. The quantitative estimate of drug-likeness (QED) is 0.425. The summed E-state index contributed by atoms with van der Waals surface area (Å²) in [7, 11) is 0. The molecular weight excluding hydrogens is 412 g/mol. The van der Waals surface area contributed by atoms with Crippen molar-refractivity contribution in [1.82, 2.24) is 0 Å². The van der Waals surface area contributed by atoms with E-state index in [1.54, 1.807) is 13.8 Å². The molecule has 0 fully saturated rings. The van der Waals surface area contributed by atoms with Crippen molar-refractivity contribution in [1.29, 1.82) is 0 Å². The number of aryl methyl sites for hydroxylation is 1. The van der Waals surface area contributed by atoms with E-state index in [4.69, 9.17) is 9.47 Å². The highest BCUT2D eigenvalue weighted by molar-refractivity contribution is 5.71. The number of benzene rings is 3. The summed E-state index contributed by atoms with van der Waals surface area (Å²) in [6.07, 6.45) is -0.306. The first-order valence-corrected chi connectivity index (χ1v) is 10.5. The summed E-state index contributed by atoms with van der Waals surface area (Å²) in [5.41, 5.74) is 4.85. The van der Waals surface area contributed by atoms with Gasteiger partial charge in [-0.1, -0.05) is 36.4 Å². The number of esters is 1. The van der Waals surface area contributed by atoms with E-state index in [1.165, 1.54) is 0 Å². The third-order valence-electron chi connectivity index (χ3n) is 5.11. The van der Waals surface area contributed by atoms with Crippen molar-refractivity contribution in [2.24, 2.45) is 0 Å². The van der Waals surface area contributed by atoms with Crippen molar-refractivity contribution in [2.75, 3.05) is 11.9 Å². The van der Waals surface area contributed by atoms with Crippen molar-refractivity contribution in [3.05, 3.63) is 82.9 Å². The Morgan fingerprint density at radius 3 is 2.41 bits per heavy atom. The summed E-state index contributed by atoms with van der Waals surface area (Å²) in [4.78, 5) is 11.7. The van der Waals surface area contributed by atoms with Gasteiger partial charge < -0.3 is 14.8 Å². The number of hydrogen-bond donors (Lipinski definition) is 1. The van der Waals surface area contributed by atoms with E-state index in [0.717, 1.165) is 39.9 Å². The summed E-state index contributed by atoms with van der Waals surface area (Å²) in [5, 5.41) is 2.86. The first kappa shape index (κ1) is 23.3. The zero-order chi connectivity index (χ0) is 23.3. The van der Waals surface area contributed by atoms with Gasteiger partial charge in [0.1, 0.15) is 11.5 Å². The minimum Gasteiger partial charge on any atom is -0.479 e. The van der Waals surface area contributed by atoms with Crippen LogP contribution in [-0.2, 0) is 16.1 Å². The molecular formula is C26H27F2NO3. The predicted octanol–water partition coefficient (Wildman–Crippen LogP) is 6.19. The molecule has 4 nitrogen and oxygen atoms in total. The van der Waals surface area contributed by atoms with Gasteiger partial charge in [0.2, 0.25) is 0 Å². The van der Waals surface area contributed by atoms with Crippen LogP contribution in [0.5, 0.6) is 5.75 Å². The number of nitrogens with one attached hydrogen (secondary N) is 1. The zero-order valence-corrected chi connectivity index (χ0v) is 18.7. The lowest BCUT2D eigenvalue weighted by Gasteiger charge is -2.16. The van der Waals surface area contributed by atoms with Gasteiger partial charge in [-0.2, -0.15) is 0 Å². The Morgan fingerprint density at radius 1 is 1.00 bits per heavy atom. The van der Waals surface area contributed by atoms with Crippen LogP contribution in [0.2, 0.25) is 0 Å². The van der Waals surface area contributed by atoms with Crippen molar-refractivity contribution < 1.29 is 23.0 Å². The molecule has 0 aliphatic heterocycles. The van der Waals surface area contributed by atoms with Crippen LogP contribution in [0.25, 0.3) is 11.1 Å². The van der Waals surface area contributed by atoms with Crippen LogP contribution in [-0.4, -0.2) is 18.7 Å². The third-order valence-corrected chi connectivity index (χ3v) is 5.11. The lowest BCUT2D eigenvalue weighted by atomic mass is 9.95. The molecule has 1 N–H and O–H groups in total. The van der Waals surface area contributed by atoms with Crippen LogP contribution < -0.4 is 10.1 Å². The Hall–Kier alpha value is -3.41. The van der Waals surface area contributed by atoms with E-state index < -0.39 is 24.2 Å². The lowest BCUT2D eigenvalue weighted by Crippen LogP contribution is -2.19. The zero-order valence-electron chi connectivity index (χ0n) is 18.7. The Bertz CT molecular complexity index is 1100. The molecule has 3 aromatic carbocycles. The molecule has 6 heteroatoms. The molecule has 32 heavy (non-hydrogen) atoms. The van der Waals surface area contributed by atoms with Crippen LogP contribution in [0.1, 0.15) is 30.5 Å². The van der Waals surface area contributed by atoms with Crippen LogP contribution >= 0.6 is 0 Å². The average Bonchev–Trinajstić information content (AvgIpc) is 2.75. The normalized spacial score (nSPS) is 10.8. The van der Waals surface area contributed by atoms with Gasteiger partial charge in [-0.15, -0.1) is 0 Å². The van der Waals surface area contributed by atoms with Crippen molar-refractivity contribution in [3.8, 4) is 16.9 Å². The Kier molecular flexibility index (Phi) is 7.46. The molecule has 0 unspecified atom stereocenters. The summed E-state index contributed by atoms with van der Waals surface area (Å²) in [5.74, 6) is -2.48. The van der Waals surface area contributed by atoms with Crippen LogP contribution in [0.3, 0.4) is 0 Å². The molecule has 3 aromatic rings. The Labute approximate surface area is 187 Å². The van der Waals surface area contributed by atoms with Crippen molar-refractivity contribution in [2.45, 2.75) is 40.3 Å². The number of halogens is 2. The van der Waals surface area contributed by atoms with Gasteiger partial charge in [-0.25, -0.2) is 13.6 Å². The Balaban J connectivity index is 1.79. The minimum absolute atomic E-state index is 0.222. The van der Waals surface area contributed by atoms with Gasteiger partial charge in [0, 0.05) is 6.54 Å². The van der Waals surface area contributed by atoms with E-state index in [9.17, 15) is 13.6 Å². The van der Waals surface area contributed by atoms with Gasteiger partial charge in [0.05, 0.1) is 6.10 Å². The Morgan fingerprint density at radius 2 is 1.72 bits per heavy atom. The average molecular weight is 440 g/mol. The topological polar surface area (TPSA) is 47.6 Å². The monoisotopic (exact) mass is 439 g/mol. The van der Waals surface area contributed by atoms with Gasteiger partial charge in [-0.05, 0) is 73.7 Å². The van der Waals surface area contributed by atoms with E-state index in [-0.39, 0.29) is 24.1 Å². The number of hydrogen-bond acceptors (Lipinski definition) is 4. The van der Waals surface area contributed by atoms with Crippen LogP contribution in [0.15, 0.2) is 54.6 Å². The summed E-state index contributed by atoms with van der Waals surface area (Å²) in [6.45, 7) is 7.16. The first-order valence-electron chi connectivity index (χ1n) is 10.5. The fourth-order valence-corrected chi connectivity index (χ4v) is 3.34. The number of carbonyl (C=O) groups is 1. The molecule has 3 rings (SSSR count). The SMILES string of the molecule is Cc1cc(-c2ccccc2)cc(CNc2c(F)ccc(OCC(=O)OC(C)C)c2F)c1C. The summed E-state index contributed by atoms with van der Waals surface area (Å²) >= 11 is 0. The molecule has 0 saturated carbocycles. The molecule has 0 heterocycles. The molecule has 0 aliphatic rings. The highest BCUT2D eigenvalue weighted by Gasteiger charge is 2.17. The summed E-state index contributed by atoms with van der Waals surface area (Å²) in [6, 6.07) is 16.3. The van der Waals surface area contributed by atoms with E-state index in [1.807, 2.05) is 50.2 Å². The van der Waals surface area contributed by atoms with Gasteiger partial charge in [0.25, 0.3) is 0 Å². The highest BCUT2D eigenvalue weighted by Crippen LogP contribution is 2.30. The van der Waals surface area contributed by atoms with Crippen molar-refractivity contribution >= 4 is 11.7 Å². The maximum Gasteiger partial charge on any atom is 0.344 e. The molecule has 0 bridgehead atoms. The number of carbonyl (C=O) groups excluding carboxylic acids is 1. The predicted molar refractivity (Wildman–Crippen MR) is 122 cm³/mol. The molecule has 0 aliphatic carbocycles. The minimum atomic E-state index is -0.893. The van der Waals surface area contributed by atoms with Gasteiger partial charge in [0.15, 0.2) is 18.2 Å². The van der Waals surface area contributed by atoms with Gasteiger partial charge in [-0.3, -0.25) is 0 Å². The molecule has 0 amide bonds. The number of anilines is 1. The standard InChI is InChI=1S/C26H27F2NO3/c1-16(2)32-24(30)15-31-23-11-10-22(27)26(25(23)28)29-14-21-13-20(12-17(3)18(21)4)19-8-6-5-7-9-19/h5-13,16,29H,14-15H2,1-4H3. The second-order valence-electron chi connectivity index (χ2n) is 7.86. The van der Waals surface area contributed by atoms with Crippen LogP contribution in [0.4, 0.5) is 14.5 Å². The number of rotatable bonds is 8. The largest absolute Gasteiger partial charge is 0.479 e. The fraction of sp³-hybridized carbons (Fsp3) is 0.269. The molecule has 0 spiro atoms.